The fourth-order valence-corrected chi connectivity index (χ4v) is 2.01. The molecular weight excluding hydrogens is 350 g/mol. The Bertz CT molecular complexity index is 394. The van der Waals surface area contributed by atoms with Crippen molar-refractivity contribution in [1.29, 1.82) is 0 Å². The maximum Gasteiger partial charge on any atom is 0.252 e. The van der Waals surface area contributed by atoms with Crippen molar-refractivity contribution in [2.75, 3.05) is 13.2 Å². The Morgan fingerprint density at radius 1 is 1.41 bits per heavy atom. The molecule has 0 aliphatic heterocycles. The standard InChI is InChI=1S/C12H15Br2NO2/c1-8(2)17-6-5-15-12(16)10-7-9(13)3-4-11(10)14/h3-4,7-8H,5-6H2,1-2H3,(H,15,16). The number of carbonyl (C=O) groups is 1. The molecule has 0 bridgehead atoms. The Balaban J connectivity index is 2.49. The molecule has 1 aromatic carbocycles. The summed E-state index contributed by atoms with van der Waals surface area (Å²) in [7, 11) is 0. The zero-order valence-corrected chi connectivity index (χ0v) is 13.0. The lowest BCUT2D eigenvalue weighted by atomic mass is 10.2. The molecule has 1 aromatic rings. The summed E-state index contributed by atoms with van der Waals surface area (Å²) in [6.45, 7) is 4.96. The number of hydrogen-bond donors (Lipinski definition) is 1. The molecule has 1 N–H and O–H groups in total. The van der Waals surface area contributed by atoms with E-state index in [4.69, 9.17) is 4.74 Å². The number of carbonyl (C=O) groups excluding carboxylic acids is 1. The Morgan fingerprint density at radius 2 is 2.12 bits per heavy atom. The Labute approximate surface area is 118 Å². The zero-order chi connectivity index (χ0) is 12.8. The highest BCUT2D eigenvalue weighted by atomic mass is 79.9. The fraction of sp³-hybridized carbons (Fsp3) is 0.417. The molecule has 1 rings (SSSR count). The van der Waals surface area contributed by atoms with Crippen molar-refractivity contribution < 1.29 is 9.53 Å². The van der Waals surface area contributed by atoms with Crippen LogP contribution in [0.5, 0.6) is 0 Å². The van der Waals surface area contributed by atoms with Crippen molar-refractivity contribution in [3.63, 3.8) is 0 Å². The van der Waals surface area contributed by atoms with Gasteiger partial charge in [-0.05, 0) is 48.0 Å². The predicted octanol–water partition coefficient (Wildman–Crippen LogP) is 3.37. The van der Waals surface area contributed by atoms with Gasteiger partial charge in [-0.25, -0.2) is 0 Å². The van der Waals surface area contributed by atoms with Crippen LogP contribution >= 0.6 is 31.9 Å². The average molecular weight is 365 g/mol. The van der Waals surface area contributed by atoms with Gasteiger partial charge in [0.1, 0.15) is 0 Å². The quantitative estimate of drug-likeness (QED) is 0.813. The molecule has 5 heteroatoms. The number of ether oxygens (including phenoxy) is 1. The lowest BCUT2D eigenvalue weighted by Crippen LogP contribution is -2.28. The molecule has 0 saturated carbocycles. The first kappa shape index (κ1) is 14.7. The summed E-state index contributed by atoms with van der Waals surface area (Å²) in [4.78, 5) is 11.8. The highest BCUT2D eigenvalue weighted by Crippen LogP contribution is 2.21. The molecular formula is C12H15Br2NO2. The van der Waals surface area contributed by atoms with Gasteiger partial charge in [0.15, 0.2) is 0 Å². The lowest BCUT2D eigenvalue weighted by Gasteiger charge is -2.09. The number of nitrogens with one attached hydrogen (secondary N) is 1. The third kappa shape index (κ3) is 5.19. The van der Waals surface area contributed by atoms with Gasteiger partial charge in [-0.15, -0.1) is 0 Å². The molecule has 17 heavy (non-hydrogen) atoms. The second-order valence-corrected chi connectivity index (χ2v) is 5.57. The molecule has 0 atom stereocenters. The van der Waals surface area contributed by atoms with Gasteiger partial charge >= 0.3 is 0 Å². The summed E-state index contributed by atoms with van der Waals surface area (Å²) in [5.74, 6) is -0.106. The molecule has 0 aliphatic carbocycles. The predicted molar refractivity (Wildman–Crippen MR) is 75.3 cm³/mol. The summed E-state index contributed by atoms with van der Waals surface area (Å²) >= 11 is 6.69. The maximum absolute atomic E-state index is 11.8. The minimum Gasteiger partial charge on any atom is -0.377 e. The van der Waals surface area contributed by atoms with Crippen LogP contribution in [0.1, 0.15) is 24.2 Å². The number of hydrogen-bond acceptors (Lipinski definition) is 2. The molecule has 0 saturated heterocycles. The third-order valence-electron chi connectivity index (χ3n) is 2.01. The molecule has 0 aliphatic rings. The first-order chi connectivity index (χ1) is 8.00. The smallest absolute Gasteiger partial charge is 0.252 e. The molecule has 94 valence electrons. The van der Waals surface area contributed by atoms with E-state index < -0.39 is 0 Å². The topological polar surface area (TPSA) is 38.3 Å². The molecule has 0 aromatic heterocycles. The van der Waals surface area contributed by atoms with E-state index in [1.54, 1.807) is 6.07 Å². The molecule has 1 amide bonds. The SMILES string of the molecule is CC(C)OCCNC(=O)c1cc(Br)ccc1Br. The zero-order valence-electron chi connectivity index (χ0n) is 9.80. The van der Waals surface area contributed by atoms with Gasteiger partial charge in [0.25, 0.3) is 5.91 Å². The first-order valence-electron chi connectivity index (χ1n) is 5.35. The molecule has 0 unspecified atom stereocenters. The summed E-state index contributed by atoms with van der Waals surface area (Å²) in [6, 6.07) is 5.50. The second kappa shape index (κ2) is 7.13. The van der Waals surface area contributed by atoms with E-state index in [9.17, 15) is 4.79 Å². The van der Waals surface area contributed by atoms with E-state index in [0.29, 0.717) is 18.7 Å². The van der Waals surface area contributed by atoms with Gasteiger partial charge in [0, 0.05) is 15.5 Å². The number of amides is 1. The maximum atomic E-state index is 11.8. The van der Waals surface area contributed by atoms with Crippen LogP contribution in [-0.4, -0.2) is 25.2 Å². The van der Waals surface area contributed by atoms with Crippen molar-refractivity contribution in [1.82, 2.24) is 5.32 Å². The van der Waals surface area contributed by atoms with E-state index in [0.717, 1.165) is 8.95 Å². The van der Waals surface area contributed by atoms with E-state index in [1.165, 1.54) is 0 Å². The number of halogens is 2. The van der Waals surface area contributed by atoms with Gasteiger partial charge in [-0.2, -0.15) is 0 Å². The number of rotatable bonds is 5. The van der Waals surface area contributed by atoms with Crippen molar-refractivity contribution in [3.8, 4) is 0 Å². The Morgan fingerprint density at radius 3 is 2.76 bits per heavy atom. The van der Waals surface area contributed by atoms with Crippen LogP contribution in [0.3, 0.4) is 0 Å². The van der Waals surface area contributed by atoms with Crippen LogP contribution in [0.2, 0.25) is 0 Å². The molecule has 0 heterocycles. The largest absolute Gasteiger partial charge is 0.377 e. The van der Waals surface area contributed by atoms with E-state index in [1.807, 2.05) is 26.0 Å². The summed E-state index contributed by atoms with van der Waals surface area (Å²) in [6.07, 6.45) is 0.185. The summed E-state index contributed by atoms with van der Waals surface area (Å²) < 4.78 is 7.01. The van der Waals surface area contributed by atoms with Crippen molar-refractivity contribution in [2.24, 2.45) is 0 Å². The first-order valence-corrected chi connectivity index (χ1v) is 6.94. The van der Waals surface area contributed by atoms with Crippen LogP contribution in [0, 0.1) is 0 Å². The van der Waals surface area contributed by atoms with E-state index >= 15 is 0 Å². The van der Waals surface area contributed by atoms with Crippen LogP contribution < -0.4 is 5.32 Å². The van der Waals surface area contributed by atoms with Crippen LogP contribution in [0.15, 0.2) is 27.1 Å². The van der Waals surface area contributed by atoms with Crippen molar-refractivity contribution in [3.05, 3.63) is 32.7 Å². The monoisotopic (exact) mass is 363 g/mol. The number of benzene rings is 1. The van der Waals surface area contributed by atoms with Gasteiger partial charge < -0.3 is 10.1 Å². The molecule has 3 nitrogen and oxygen atoms in total. The Kier molecular flexibility index (Phi) is 6.16. The minimum absolute atomic E-state index is 0.106. The van der Waals surface area contributed by atoms with E-state index in [-0.39, 0.29) is 12.0 Å². The average Bonchev–Trinajstić information content (AvgIpc) is 2.27. The van der Waals surface area contributed by atoms with Crippen LogP contribution in [0.25, 0.3) is 0 Å². The fourth-order valence-electron chi connectivity index (χ4n) is 1.23. The van der Waals surface area contributed by atoms with Gasteiger partial charge in [0.05, 0.1) is 18.3 Å². The van der Waals surface area contributed by atoms with Crippen LogP contribution in [-0.2, 0) is 4.74 Å². The molecule has 0 fully saturated rings. The highest BCUT2D eigenvalue weighted by molar-refractivity contribution is 9.11. The van der Waals surface area contributed by atoms with Gasteiger partial charge in [-0.3, -0.25) is 4.79 Å². The normalized spacial score (nSPS) is 10.6. The summed E-state index contributed by atoms with van der Waals surface area (Å²) in [5, 5.41) is 2.81. The molecule has 0 radical (unpaired) electrons. The second-order valence-electron chi connectivity index (χ2n) is 3.80. The minimum atomic E-state index is -0.106. The van der Waals surface area contributed by atoms with Crippen molar-refractivity contribution >= 4 is 37.8 Å². The van der Waals surface area contributed by atoms with Crippen LogP contribution in [0.4, 0.5) is 0 Å². The van der Waals surface area contributed by atoms with E-state index in [2.05, 4.69) is 37.2 Å². The van der Waals surface area contributed by atoms with Gasteiger partial charge in [-0.1, -0.05) is 15.9 Å². The highest BCUT2D eigenvalue weighted by Gasteiger charge is 2.09. The lowest BCUT2D eigenvalue weighted by molar-refractivity contribution is 0.0746. The van der Waals surface area contributed by atoms with Gasteiger partial charge in [0.2, 0.25) is 0 Å². The van der Waals surface area contributed by atoms with Crippen molar-refractivity contribution in [2.45, 2.75) is 20.0 Å². The Hall–Kier alpha value is -0.390. The third-order valence-corrected chi connectivity index (χ3v) is 3.20. The molecule has 0 spiro atoms. The summed E-state index contributed by atoms with van der Waals surface area (Å²) in [5.41, 5.74) is 0.615.